The summed E-state index contributed by atoms with van der Waals surface area (Å²) in [5.41, 5.74) is -1.35. The molecule has 0 spiro atoms. The van der Waals surface area contributed by atoms with Gasteiger partial charge in [-0.05, 0) is 25.7 Å². The van der Waals surface area contributed by atoms with E-state index >= 15 is 0 Å². The van der Waals surface area contributed by atoms with Gasteiger partial charge in [0.05, 0.1) is 14.2 Å². The Balaban J connectivity index is 3.11. The van der Waals surface area contributed by atoms with E-state index in [2.05, 4.69) is 0 Å². The monoisotopic (exact) mass is 254 g/mol. The summed E-state index contributed by atoms with van der Waals surface area (Å²) >= 11 is 0. The molecule has 0 aromatic heterocycles. The van der Waals surface area contributed by atoms with E-state index in [-0.39, 0.29) is 24.7 Å². The summed E-state index contributed by atoms with van der Waals surface area (Å²) in [5.74, 6) is -1.76. The van der Waals surface area contributed by atoms with E-state index in [9.17, 15) is 14.4 Å². The van der Waals surface area contributed by atoms with Gasteiger partial charge in [-0.3, -0.25) is 9.59 Å². The van der Waals surface area contributed by atoms with Gasteiger partial charge in [0.15, 0.2) is 5.41 Å². The second kappa shape index (κ2) is 5.80. The van der Waals surface area contributed by atoms with Crippen LogP contribution >= 0.6 is 0 Å². The molecule has 18 heavy (non-hydrogen) atoms. The average Bonchev–Trinajstić information content (AvgIpc) is 2.77. The normalized spacial score (nSPS) is 25.9. The Morgan fingerprint density at radius 3 is 2.00 bits per heavy atom. The van der Waals surface area contributed by atoms with E-state index in [0.29, 0.717) is 0 Å². The van der Waals surface area contributed by atoms with E-state index in [1.165, 1.54) is 14.2 Å². The van der Waals surface area contributed by atoms with Gasteiger partial charge in [0.1, 0.15) is 6.29 Å². The summed E-state index contributed by atoms with van der Waals surface area (Å²) in [5, 5.41) is 0. The number of hydrogen-bond acceptors (Lipinski definition) is 5. The Labute approximate surface area is 106 Å². The van der Waals surface area contributed by atoms with E-state index in [0.717, 1.165) is 6.29 Å². The number of rotatable bonds is 4. The largest absolute Gasteiger partial charge is 0.468 e. The lowest BCUT2D eigenvalue weighted by molar-refractivity contribution is -0.168. The van der Waals surface area contributed by atoms with Crippen LogP contribution in [0.1, 0.15) is 19.8 Å². The zero-order chi connectivity index (χ0) is 13.8. The van der Waals surface area contributed by atoms with Crippen molar-refractivity contribution in [3.05, 3.63) is 12.2 Å². The van der Waals surface area contributed by atoms with Crippen molar-refractivity contribution in [1.29, 1.82) is 0 Å². The molecule has 1 rings (SSSR count). The van der Waals surface area contributed by atoms with Gasteiger partial charge < -0.3 is 14.3 Å². The number of esters is 2. The van der Waals surface area contributed by atoms with Crippen LogP contribution in [-0.2, 0) is 23.9 Å². The molecule has 0 amide bonds. The molecule has 0 radical (unpaired) electrons. The molecule has 1 saturated carbocycles. The maximum absolute atomic E-state index is 11.9. The van der Waals surface area contributed by atoms with Crippen LogP contribution in [0.4, 0.5) is 0 Å². The van der Waals surface area contributed by atoms with E-state index in [1.807, 2.05) is 19.1 Å². The minimum atomic E-state index is -1.35. The fraction of sp³-hybridized carbons (Fsp3) is 0.615. The van der Waals surface area contributed by atoms with Gasteiger partial charge in [0.25, 0.3) is 0 Å². The van der Waals surface area contributed by atoms with Crippen LogP contribution in [0.25, 0.3) is 0 Å². The van der Waals surface area contributed by atoms with E-state index < -0.39 is 17.4 Å². The Hall–Kier alpha value is -1.65. The first-order valence-corrected chi connectivity index (χ1v) is 5.80. The van der Waals surface area contributed by atoms with Crippen LogP contribution < -0.4 is 0 Å². The highest BCUT2D eigenvalue weighted by Crippen LogP contribution is 2.47. The fourth-order valence-corrected chi connectivity index (χ4v) is 2.61. The topological polar surface area (TPSA) is 69.7 Å². The van der Waals surface area contributed by atoms with Gasteiger partial charge in [-0.15, -0.1) is 0 Å². The van der Waals surface area contributed by atoms with Crippen LogP contribution in [0.5, 0.6) is 0 Å². The van der Waals surface area contributed by atoms with Crippen molar-refractivity contribution in [3.63, 3.8) is 0 Å². The number of aldehydes is 1. The SMILES string of the molecule is C/C=C/[C@@H]1CC(C(=O)OC)(C(=O)OC)C[C@H]1C=O. The minimum absolute atomic E-state index is 0.134. The molecule has 100 valence electrons. The molecule has 1 aliphatic carbocycles. The second-order valence-electron chi connectivity index (χ2n) is 4.46. The molecule has 2 atom stereocenters. The van der Waals surface area contributed by atoms with Crippen LogP contribution in [-0.4, -0.2) is 32.4 Å². The lowest BCUT2D eigenvalue weighted by atomic mass is 9.85. The van der Waals surface area contributed by atoms with Crippen molar-refractivity contribution >= 4 is 18.2 Å². The first kappa shape index (κ1) is 14.4. The van der Waals surface area contributed by atoms with Gasteiger partial charge in [0.2, 0.25) is 0 Å². The lowest BCUT2D eigenvalue weighted by Gasteiger charge is -2.22. The number of hydrogen-bond donors (Lipinski definition) is 0. The van der Waals surface area contributed by atoms with Crippen LogP contribution in [0, 0.1) is 17.3 Å². The van der Waals surface area contributed by atoms with Crippen molar-refractivity contribution in [3.8, 4) is 0 Å². The molecule has 0 bridgehead atoms. The standard InChI is InChI=1S/C13H18O5/c1-4-5-9-6-13(11(15)17-2,12(16)18-3)7-10(9)8-14/h4-5,8-10H,6-7H2,1-3H3/b5-4+/t9-,10+/m1/s1. The van der Waals surface area contributed by atoms with E-state index in [1.54, 1.807) is 0 Å². The first-order valence-electron chi connectivity index (χ1n) is 5.80. The van der Waals surface area contributed by atoms with Crippen molar-refractivity contribution < 1.29 is 23.9 Å². The molecule has 0 N–H and O–H groups in total. The molecule has 0 aromatic rings. The van der Waals surface area contributed by atoms with Crippen molar-refractivity contribution in [1.82, 2.24) is 0 Å². The Bertz CT molecular complexity index is 356. The smallest absolute Gasteiger partial charge is 0.323 e. The maximum Gasteiger partial charge on any atom is 0.323 e. The second-order valence-corrected chi connectivity index (χ2v) is 4.46. The van der Waals surface area contributed by atoms with Gasteiger partial charge >= 0.3 is 11.9 Å². The first-order chi connectivity index (χ1) is 8.55. The zero-order valence-electron chi connectivity index (χ0n) is 10.8. The quantitative estimate of drug-likeness (QED) is 0.325. The minimum Gasteiger partial charge on any atom is -0.468 e. The molecular formula is C13H18O5. The highest BCUT2D eigenvalue weighted by molar-refractivity contribution is 6.01. The molecule has 1 fully saturated rings. The Morgan fingerprint density at radius 2 is 1.61 bits per heavy atom. The van der Waals surface area contributed by atoms with Crippen molar-refractivity contribution in [2.45, 2.75) is 19.8 Å². The molecule has 0 heterocycles. The molecule has 0 saturated heterocycles. The molecule has 5 nitrogen and oxygen atoms in total. The summed E-state index contributed by atoms with van der Waals surface area (Å²) in [4.78, 5) is 34.8. The third kappa shape index (κ3) is 2.30. The molecule has 0 aromatic carbocycles. The zero-order valence-corrected chi connectivity index (χ0v) is 10.8. The summed E-state index contributed by atoms with van der Waals surface area (Å²) in [6.45, 7) is 1.83. The van der Waals surface area contributed by atoms with Gasteiger partial charge in [-0.2, -0.15) is 0 Å². The highest BCUT2D eigenvalue weighted by Gasteiger charge is 2.56. The number of methoxy groups -OCH3 is 2. The third-order valence-corrected chi connectivity index (χ3v) is 3.48. The number of carbonyl (C=O) groups excluding carboxylic acids is 3. The summed E-state index contributed by atoms with van der Waals surface area (Å²) in [6.07, 6.45) is 4.84. The van der Waals surface area contributed by atoms with Crippen molar-refractivity contribution in [2.24, 2.45) is 17.3 Å². The fourth-order valence-electron chi connectivity index (χ4n) is 2.61. The summed E-state index contributed by atoms with van der Waals surface area (Å²) in [7, 11) is 2.46. The number of carbonyl (C=O) groups is 3. The van der Waals surface area contributed by atoms with Crippen molar-refractivity contribution in [2.75, 3.05) is 14.2 Å². The number of ether oxygens (including phenoxy) is 2. The van der Waals surface area contributed by atoms with Crippen LogP contribution in [0.15, 0.2) is 12.2 Å². The molecule has 0 unspecified atom stereocenters. The van der Waals surface area contributed by atoms with Gasteiger partial charge in [0, 0.05) is 5.92 Å². The number of allylic oxidation sites excluding steroid dienone is 2. The summed E-state index contributed by atoms with van der Waals surface area (Å²) in [6, 6.07) is 0. The molecule has 5 heteroatoms. The van der Waals surface area contributed by atoms with Gasteiger partial charge in [-0.25, -0.2) is 0 Å². The average molecular weight is 254 g/mol. The highest BCUT2D eigenvalue weighted by atomic mass is 16.5. The van der Waals surface area contributed by atoms with E-state index in [4.69, 9.17) is 9.47 Å². The Kier molecular flexibility index (Phi) is 4.64. The third-order valence-electron chi connectivity index (χ3n) is 3.48. The molecule has 1 aliphatic rings. The lowest BCUT2D eigenvalue weighted by Crippen LogP contribution is -2.39. The maximum atomic E-state index is 11.9. The van der Waals surface area contributed by atoms with Gasteiger partial charge in [-0.1, -0.05) is 12.2 Å². The molecular weight excluding hydrogens is 236 g/mol. The predicted molar refractivity (Wildman–Crippen MR) is 63.6 cm³/mol. The summed E-state index contributed by atoms with van der Waals surface area (Å²) < 4.78 is 9.40. The van der Waals surface area contributed by atoms with Crippen LogP contribution in [0.3, 0.4) is 0 Å². The Morgan fingerprint density at radius 1 is 1.11 bits per heavy atom. The predicted octanol–water partition coefficient (Wildman–Crippen LogP) is 1.12. The van der Waals surface area contributed by atoms with Crippen LogP contribution in [0.2, 0.25) is 0 Å². The molecule has 0 aliphatic heterocycles.